The van der Waals surface area contributed by atoms with E-state index in [1.165, 1.54) is 0 Å². The predicted molar refractivity (Wildman–Crippen MR) is 135 cm³/mol. The van der Waals surface area contributed by atoms with E-state index in [1.807, 2.05) is 48.5 Å². The number of hydrogen-bond donors (Lipinski definition) is 3. The van der Waals surface area contributed by atoms with Crippen LogP contribution >= 0.6 is 0 Å². The molecule has 1 heterocycles. The van der Waals surface area contributed by atoms with Gasteiger partial charge in [0.05, 0.1) is 38.7 Å². The maximum absolute atomic E-state index is 13.7. The Labute approximate surface area is 204 Å². The van der Waals surface area contributed by atoms with Crippen LogP contribution in [-0.2, 0) is 4.79 Å². The van der Waals surface area contributed by atoms with Gasteiger partial charge in [-0.05, 0) is 48.2 Å². The molecule has 0 aromatic heterocycles. The summed E-state index contributed by atoms with van der Waals surface area (Å²) in [6, 6.07) is 18.3. The van der Waals surface area contributed by atoms with E-state index in [4.69, 9.17) is 14.2 Å². The Balaban J connectivity index is 1.61. The van der Waals surface area contributed by atoms with Gasteiger partial charge in [-0.3, -0.25) is 4.79 Å². The third-order valence-electron chi connectivity index (χ3n) is 6.72. The van der Waals surface area contributed by atoms with E-state index in [-0.39, 0.29) is 17.5 Å². The number of benzene rings is 3. The molecule has 7 nitrogen and oxygen atoms in total. The monoisotopic (exact) mass is 472 g/mol. The van der Waals surface area contributed by atoms with Crippen LogP contribution in [0.4, 0.5) is 11.4 Å². The van der Waals surface area contributed by atoms with Crippen molar-refractivity contribution in [1.82, 2.24) is 0 Å². The number of methoxy groups -OCH3 is 3. The van der Waals surface area contributed by atoms with Crippen LogP contribution in [-0.4, -0.2) is 32.2 Å². The normalized spacial score (nSPS) is 19.0. The fourth-order valence-electron chi connectivity index (χ4n) is 5.03. The van der Waals surface area contributed by atoms with Gasteiger partial charge >= 0.3 is 0 Å². The van der Waals surface area contributed by atoms with Gasteiger partial charge < -0.3 is 30.0 Å². The number of allylic oxidation sites excluding steroid dienone is 1. The number of nitrogens with one attached hydrogen (secondary N) is 2. The van der Waals surface area contributed by atoms with Crippen LogP contribution in [0.15, 0.2) is 71.9 Å². The van der Waals surface area contributed by atoms with Crippen LogP contribution in [0, 0.1) is 0 Å². The topological polar surface area (TPSA) is 89.1 Å². The molecule has 3 aromatic carbocycles. The van der Waals surface area contributed by atoms with Gasteiger partial charge in [0.1, 0.15) is 5.75 Å². The quantitative estimate of drug-likeness (QED) is 0.458. The minimum Gasteiger partial charge on any atom is -0.508 e. The first-order valence-corrected chi connectivity index (χ1v) is 11.5. The number of rotatable bonds is 5. The van der Waals surface area contributed by atoms with Crippen molar-refractivity contribution in [2.24, 2.45) is 0 Å². The lowest BCUT2D eigenvalue weighted by Crippen LogP contribution is -2.27. The first-order valence-electron chi connectivity index (χ1n) is 11.5. The van der Waals surface area contributed by atoms with Crippen molar-refractivity contribution in [3.8, 4) is 23.0 Å². The first kappa shape index (κ1) is 22.7. The standard InChI is InChI=1S/C28H28N2O5/c1-33-24-14-17(15-25(34-2)28(24)35-3)16-12-21-26(23(32)13-16)27(18-8-4-7-11-22(18)31)30-20-10-6-5-9-19(20)29-21/h4-11,14-16,27,29-31H,12-13H2,1-3H3. The van der Waals surface area contributed by atoms with Gasteiger partial charge in [0.2, 0.25) is 5.75 Å². The number of aromatic hydroxyl groups is 1. The van der Waals surface area contributed by atoms with E-state index in [2.05, 4.69) is 10.6 Å². The number of para-hydroxylation sites is 3. The molecule has 0 saturated carbocycles. The van der Waals surface area contributed by atoms with Gasteiger partial charge in [-0.25, -0.2) is 0 Å². The fourth-order valence-corrected chi connectivity index (χ4v) is 5.03. The Morgan fingerprint density at radius 1 is 0.857 bits per heavy atom. The second-order valence-corrected chi connectivity index (χ2v) is 8.69. The molecule has 2 atom stereocenters. The molecule has 7 heteroatoms. The second kappa shape index (κ2) is 9.25. The van der Waals surface area contributed by atoms with Gasteiger partial charge in [-0.1, -0.05) is 30.3 Å². The summed E-state index contributed by atoms with van der Waals surface area (Å²) in [7, 11) is 4.74. The molecule has 0 amide bonds. The van der Waals surface area contributed by atoms with Crippen LogP contribution < -0.4 is 24.8 Å². The molecule has 3 aromatic rings. The zero-order valence-corrected chi connectivity index (χ0v) is 19.9. The molecule has 0 bridgehead atoms. The zero-order chi connectivity index (χ0) is 24.5. The highest BCUT2D eigenvalue weighted by Gasteiger charge is 2.37. The highest BCUT2D eigenvalue weighted by atomic mass is 16.5. The van der Waals surface area contributed by atoms with Crippen LogP contribution in [0.2, 0.25) is 0 Å². The number of fused-ring (bicyclic) bond motifs is 1. The lowest BCUT2D eigenvalue weighted by atomic mass is 9.78. The molecule has 35 heavy (non-hydrogen) atoms. The number of carbonyl (C=O) groups is 1. The third kappa shape index (κ3) is 4.03. The van der Waals surface area contributed by atoms with E-state index in [0.717, 1.165) is 22.6 Å². The molecule has 1 aliphatic carbocycles. The Morgan fingerprint density at radius 3 is 2.17 bits per heavy atom. The number of phenolic OH excluding ortho intramolecular Hbond substituents is 1. The number of ketones is 1. The zero-order valence-electron chi connectivity index (χ0n) is 19.9. The number of carbonyl (C=O) groups excluding carboxylic acids is 1. The Bertz CT molecular complexity index is 1290. The van der Waals surface area contributed by atoms with Gasteiger partial charge in [0, 0.05) is 23.3 Å². The van der Waals surface area contributed by atoms with Crippen molar-refractivity contribution in [3.05, 3.63) is 83.1 Å². The SMILES string of the molecule is COc1cc(C2CC(=O)C3=C(C2)Nc2ccccc2NC3c2ccccc2O)cc(OC)c1OC. The van der Waals surface area contributed by atoms with Gasteiger partial charge in [-0.2, -0.15) is 0 Å². The minimum absolute atomic E-state index is 0.0195. The Kier molecular flexibility index (Phi) is 5.99. The molecule has 2 aliphatic rings. The van der Waals surface area contributed by atoms with Crippen molar-refractivity contribution in [2.75, 3.05) is 32.0 Å². The molecule has 5 rings (SSSR count). The van der Waals surface area contributed by atoms with E-state index < -0.39 is 6.04 Å². The average molecular weight is 473 g/mol. The van der Waals surface area contributed by atoms with Crippen molar-refractivity contribution in [3.63, 3.8) is 0 Å². The van der Waals surface area contributed by atoms with Crippen molar-refractivity contribution >= 4 is 17.2 Å². The van der Waals surface area contributed by atoms with Crippen LogP contribution in [0.5, 0.6) is 23.0 Å². The minimum atomic E-state index is -0.476. The number of hydrogen-bond acceptors (Lipinski definition) is 7. The summed E-state index contributed by atoms with van der Waals surface area (Å²) in [6.07, 6.45) is 0.932. The summed E-state index contributed by atoms with van der Waals surface area (Å²) < 4.78 is 16.6. The molecule has 1 aliphatic heterocycles. The van der Waals surface area contributed by atoms with Crippen LogP contribution in [0.25, 0.3) is 0 Å². The molecule has 0 saturated heterocycles. The van der Waals surface area contributed by atoms with Crippen molar-refractivity contribution in [2.45, 2.75) is 24.8 Å². The number of ether oxygens (including phenoxy) is 3. The molecule has 180 valence electrons. The van der Waals surface area contributed by atoms with Crippen LogP contribution in [0.1, 0.15) is 35.9 Å². The lowest BCUT2D eigenvalue weighted by molar-refractivity contribution is -0.116. The molecule has 0 spiro atoms. The fraction of sp³-hybridized carbons (Fsp3) is 0.250. The molecule has 3 N–H and O–H groups in total. The Hall–Kier alpha value is -4.13. The number of Topliss-reactive ketones (excluding diaryl/α,β-unsaturated/α-hetero) is 1. The van der Waals surface area contributed by atoms with E-state index in [0.29, 0.717) is 41.2 Å². The summed E-state index contributed by atoms with van der Waals surface area (Å²) in [6.45, 7) is 0. The summed E-state index contributed by atoms with van der Waals surface area (Å²) in [5, 5.41) is 17.7. The Morgan fingerprint density at radius 2 is 1.51 bits per heavy atom. The summed E-state index contributed by atoms with van der Waals surface area (Å²) in [5.74, 6) is 1.72. The first-order chi connectivity index (χ1) is 17.0. The summed E-state index contributed by atoms with van der Waals surface area (Å²) in [4.78, 5) is 13.7. The summed E-state index contributed by atoms with van der Waals surface area (Å²) >= 11 is 0. The molecule has 2 unspecified atom stereocenters. The van der Waals surface area contributed by atoms with E-state index in [9.17, 15) is 9.90 Å². The van der Waals surface area contributed by atoms with E-state index >= 15 is 0 Å². The summed E-state index contributed by atoms with van der Waals surface area (Å²) in [5.41, 5.74) is 4.84. The number of anilines is 2. The second-order valence-electron chi connectivity index (χ2n) is 8.69. The highest BCUT2D eigenvalue weighted by Crippen LogP contribution is 2.47. The van der Waals surface area contributed by atoms with Crippen molar-refractivity contribution < 1.29 is 24.1 Å². The van der Waals surface area contributed by atoms with Crippen molar-refractivity contribution in [1.29, 1.82) is 0 Å². The number of phenols is 1. The van der Waals surface area contributed by atoms with Crippen LogP contribution in [0.3, 0.4) is 0 Å². The molecular weight excluding hydrogens is 444 g/mol. The highest BCUT2D eigenvalue weighted by molar-refractivity contribution is 6.01. The maximum atomic E-state index is 13.7. The third-order valence-corrected chi connectivity index (χ3v) is 6.72. The smallest absolute Gasteiger partial charge is 0.203 e. The molecule has 0 fully saturated rings. The molecular formula is C28H28N2O5. The average Bonchev–Trinajstić information content (AvgIpc) is 3.04. The predicted octanol–water partition coefficient (Wildman–Crippen LogP) is 5.40. The van der Waals surface area contributed by atoms with E-state index in [1.54, 1.807) is 33.5 Å². The van der Waals surface area contributed by atoms with Gasteiger partial charge in [0.25, 0.3) is 0 Å². The van der Waals surface area contributed by atoms with Gasteiger partial charge in [-0.15, -0.1) is 0 Å². The van der Waals surface area contributed by atoms with Gasteiger partial charge in [0.15, 0.2) is 17.3 Å². The lowest BCUT2D eigenvalue weighted by Gasteiger charge is -2.30. The molecule has 0 radical (unpaired) electrons. The largest absolute Gasteiger partial charge is 0.508 e. The maximum Gasteiger partial charge on any atom is 0.203 e.